The monoisotopic (exact) mass is 407 g/mol. The number of thiophene rings is 1. The first-order valence-corrected chi connectivity index (χ1v) is 11.0. The van der Waals surface area contributed by atoms with Gasteiger partial charge in [0.2, 0.25) is 0 Å². The van der Waals surface area contributed by atoms with Crippen molar-refractivity contribution in [3.05, 3.63) is 69.0 Å². The van der Waals surface area contributed by atoms with Gasteiger partial charge in [-0.3, -0.25) is 9.59 Å². The minimum absolute atomic E-state index is 0.126. The maximum Gasteiger partial charge on any atom is 0.263 e. The van der Waals surface area contributed by atoms with Crippen LogP contribution in [0.15, 0.2) is 47.3 Å². The van der Waals surface area contributed by atoms with E-state index < -0.39 is 0 Å². The SMILES string of the molecule is CN(C)Cc1ccc2n(c1=O)C[C@H]1C[C@@H]2CN(C(=O)c2cc3ccccc3s2)C1. The van der Waals surface area contributed by atoms with Crippen LogP contribution in [0.25, 0.3) is 10.1 Å². The van der Waals surface area contributed by atoms with Gasteiger partial charge >= 0.3 is 0 Å². The standard InChI is InChI=1S/C23H25N3O2S/c1-24(2)13-17-7-8-19-18-9-15(12-26(19)22(17)27)11-25(14-18)23(28)21-10-16-5-3-4-6-20(16)29-21/h3-8,10,15,18H,9,11-14H2,1-2H3/t15-,18+/m0/s1. The summed E-state index contributed by atoms with van der Waals surface area (Å²) in [5.74, 6) is 0.703. The zero-order valence-electron chi connectivity index (χ0n) is 16.8. The van der Waals surface area contributed by atoms with Gasteiger partial charge in [-0.25, -0.2) is 0 Å². The van der Waals surface area contributed by atoms with Gasteiger partial charge in [-0.15, -0.1) is 11.3 Å². The van der Waals surface area contributed by atoms with Crippen LogP contribution in [-0.4, -0.2) is 47.5 Å². The van der Waals surface area contributed by atoms with Crippen molar-refractivity contribution in [1.29, 1.82) is 0 Å². The zero-order chi connectivity index (χ0) is 20.1. The second kappa shape index (κ2) is 7.11. The summed E-state index contributed by atoms with van der Waals surface area (Å²) in [5, 5.41) is 1.13. The lowest BCUT2D eigenvalue weighted by Crippen LogP contribution is -2.49. The molecule has 1 aromatic carbocycles. The molecule has 0 spiro atoms. The Kier molecular flexibility index (Phi) is 4.56. The van der Waals surface area contributed by atoms with Gasteiger partial charge in [-0.05, 0) is 50.0 Å². The Bertz CT molecular complexity index is 1110. The molecule has 3 aromatic rings. The second-order valence-corrected chi connectivity index (χ2v) is 9.68. The number of rotatable bonds is 3. The van der Waals surface area contributed by atoms with E-state index in [1.807, 2.05) is 52.7 Å². The molecule has 0 aliphatic carbocycles. The molecule has 0 radical (unpaired) electrons. The van der Waals surface area contributed by atoms with Gasteiger partial charge in [0.1, 0.15) is 0 Å². The molecule has 2 aliphatic heterocycles. The van der Waals surface area contributed by atoms with Crippen molar-refractivity contribution in [2.45, 2.75) is 25.4 Å². The highest BCUT2D eigenvalue weighted by Gasteiger charge is 2.37. The number of hydrogen-bond acceptors (Lipinski definition) is 4. The number of hydrogen-bond donors (Lipinski definition) is 0. The molecule has 4 heterocycles. The molecule has 2 aromatic heterocycles. The minimum Gasteiger partial charge on any atom is -0.337 e. The minimum atomic E-state index is 0.126. The van der Waals surface area contributed by atoms with Gasteiger partial charge in [0.25, 0.3) is 11.5 Å². The molecule has 2 bridgehead atoms. The van der Waals surface area contributed by atoms with Gasteiger partial charge < -0.3 is 14.4 Å². The van der Waals surface area contributed by atoms with Crippen LogP contribution in [0.3, 0.4) is 0 Å². The summed E-state index contributed by atoms with van der Waals surface area (Å²) in [4.78, 5) is 31.0. The first kappa shape index (κ1) is 18.6. The van der Waals surface area contributed by atoms with Crippen LogP contribution in [0.2, 0.25) is 0 Å². The molecule has 1 saturated heterocycles. The molecule has 0 unspecified atom stereocenters. The van der Waals surface area contributed by atoms with Crippen molar-refractivity contribution in [2.24, 2.45) is 5.92 Å². The quantitative estimate of drug-likeness (QED) is 0.669. The number of benzene rings is 1. The molecule has 1 fully saturated rings. The van der Waals surface area contributed by atoms with Crippen LogP contribution < -0.4 is 5.56 Å². The molecular weight excluding hydrogens is 382 g/mol. The summed E-state index contributed by atoms with van der Waals surface area (Å²) in [5.41, 5.74) is 2.06. The van der Waals surface area contributed by atoms with Crippen LogP contribution in [-0.2, 0) is 13.1 Å². The van der Waals surface area contributed by atoms with Gasteiger partial charge in [0.05, 0.1) is 4.88 Å². The summed E-state index contributed by atoms with van der Waals surface area (Å²) in [6.45, 7) is 2.79. The number of aromatic nitrogens is 1. The third-order valence-electron chi connectivity index (χ3n) is 6.09. The lowest BCUT2D eigenvalue weighted by atomic mass is 9.83. The number of carbonyl (C=O) groups excluding carboxylic acids is 1. The van der Waals surface area contributed by atoms with Crippen LogP contribution >= 0.6 is 11.3 Å². The van der Waals surface area contributed by atoms with Gasteiger partial charge in [-0.1, -0.05) is 24.3 Å². The fraction of sp³-hybridized carbons (Fsp3) is 0.391. The van der Waals surface area contributed by atoms with E-state index in [-0.39, 0.29) is 17.4 Å². The van der Waals surface area contributed by atoms with Crippen molar-refractivity contribution in [3.63, 3.8) is 0 Å². The maximum atomic E-state index is 13.2. The van der Waals surface area contributed by atoms with E-state index in [0.29, 0.717) is 25.6 Å². The Labute approximate surface area is 174 Å². The summed E-state index contributed by atoms with van der Waals surface area (Å²) in [6.07, 6.45) is 1.06. The summed E-state index contributed by atoms with van der Waals surface area (Å²) >= 11 is 1.57. The molecule has 29 heavy (non-hydrogen) atoms. The third kappa shape index (κ3) is 3.30. The van der Waals surface area contributed by atoms with Crippen LogP contribution in [0.5, 0.6) is 0 Å². The smallest absolute Gasteiger partial charge is 0.263 e. The molecule has 5 rings (SSSR count). The largest absolute Gasteiger partial charge is 0.337 e. The highest BCUT2D eigenvalue weighted by atomic mass is 32.1. The Morgan fingerprint density at radius 2 is 1.97 bits per heavy atom. The first-order valence-electron chi connectivity index (χ1n) is 10.1. The molecule has 150 valence electrons. The lowest BCUT2D eigenvalue weighted by Gasteiger charge is -2.42. The van der Waals surface area contributed by atoms with Gasteiger partial charge in [-0.2, -0.15) is 0 Å². The van der Waals surface area contributed by atoms with Crippen molar-refractivity contribution >= 4 is 27.3 Å². The highest BCUT2D eigenvalue weighted by molar-refractivity contribution is 7.20. The Morgan fingerprint density at radius 1 is 1.14 bits per heavy atom. The summed E-state index contributed by atoms with van der Waals surface area (Å²) < 4.78 is 3.12. The van der Waals surface area contributed by atoms with E-state index in [4.69, 9.17) is 0 Å². The van der Waals surface area contributed by atoms with E-state index in [0.717, 1.165) is 39.2 Å². The predicted molar refractivity (Wildman–Crippen MR) is 117 cm³/mol. The fourth-order valence-corrected chi connectivity index (χ4v) is 5.89. The molecule has 6 heteroatoms. The van der Waals surface area contributed by atoms with Gasteiger partial charge in [0.15, 0.2) is 0 Å². The predicted octanol–water partition coefficient (Wildman–Crippen LogP) is 3.38. The van der Waals surface area contributed by atoms with Gasteiger partial charge in [0, 0.05) is 48.1 Å². The Hall–Kier alpha value is -2.44. The van der Waals surface area contributed by atoms with E-state index in [9.17, 15) is 9.59 Å². The number of carbonyl (C=O) groups is 1. The van der Waals surface area contributed by atoms with Crippen LogP contribution in [0, 0.1) is 5.92 Å². The molecule has 0 saturated carbocycles. The highest BCUT2D eigenvalue weighted by Crippen LogP contribution is 2.36. The average Bonchev–Trinajstić information content (AvgIpc) is 3.13. The van der Waals surface area contributed by atoms with E-state index in [1.165, 1.54) is 0 Å². The second-order valence-electron chi connectivity index (χ2n) is 8.59. The number of piperidine rings is 1. The van der Waals surface area contributed by atoms with Crippen molar-refractivity contribution < 1.29 is 4.79 Å². The molecule has 2 aliphatic rings. The average molecular weight is 408 g/mol. The number of nitrogens with zero attached hydrogens (tertiary/aromatic N) is 3. The molecular formula is C23H25N3O2S. The Balaban J connectivity index is 1.42. The number of likely N-dealkylation sites (tertiary alicyclic amines) is 1. The molecule has 5 nitrogen and oxygen atoms in total. The Morgan fingerprint density at radius 3 is 2.76 bits per heavy atom. The number of pyridine rings is 1. The van der Waals surface area contributed by atoms with Crippen LogP contribution in [0.1, 0.15) is 33.3 Å². The lowest BCUT2D eigenvalue weighted by molar-refractivity contribution is 0.0599. The molecule has 2 atom stereocenters. The van der Waals surface area contributed by atoms with Crippen molar-refractivity contribution in [2.75, 3.05) is 27.2 Å². The number of amides is 1. The summed E-state index contributed by atoms with van der Waals surface area (Å²) in [7, 11) is 3.96. The molecule has 1 amide bonds. The fourth-order valence-electron chi connectivity index (χ4n) is 4.86. The third-order valence-corrected chi connectivity index (χ3v) is 7.20. The number of fused-ring (bicyclic) bond motifs is 5. The normalized spacial score (nSPS) is 20.9. The van der Waals surface area contributed by atoms with E-state index >= 15 is 0 Å². The molecule has 0 N–H and O–H groups in total. The maximum absolute atomic E-state index is 13.2. The van der Waals surface area contributed by atoms with E-state index in [1.54, 1.807) is 11.3 Å². The summed E-state index contributed by atoms with van der Waals surface area (Å²) in [6, 6.07) is 14.2. The van der Waals surface area contributed by atoms with Crippen molar-refractivity contribution in [1.82, 2.24) is 14.4 Å². The van der Waals surface area contributed by atoms with Crippen molar-refractivity contribution in [3.8, 4) is 0 Å². The van der Waals surface area contributed by atoms with Crippen LogP contribution in [0.4, 0.5) is 0 Å². The first-order chi connectivity index (χ1) is 14.0. The zero-order valence-corrected chi connectivity index (χ0v) is 17.6. The topological polar surface area (TPSA) is 45.6 Å². The van der Waals surface area contributed by atoms with E-state index in [2.05, 4.69) is 18.2 Å².